The molecule has 50 valence electrons. The Balaban J connectivity index is 3.35. The summed E-state index contributed by atoms with van der Waals surface area (Å²) in [6.07, 6.45) is 2.43. The van der Waals surface area contributed by atoms with Crippen LogP contribution in [0.4, 0.5) is 0 Å². The quantitative estimate of drug-likeness (QED) is 0.596. The number of hydrogen-bond donors (Lipinski definition) is 1. The maximum Gasteiger partial charge on any atom is 0.00385 e. The third-order valence-electron chi connectivity index (χ3n) is 1.79. The van der Waals surface area contributed by atoms with Crippen LogP contribution in [-0.2, 0) is 0 Å². The van der Waals surface area contributed by atoms with E-state index in [0.29, 0.717) is 6.04 Å². The standard InChI is InChI=1S/C7H17N/c1-4-7(5-2)6(3)8/h6-7H,4-5,8H2,1-3H3/t6-/m1/s1. The summed E-state index contributed by atoms with van der Waals surface area (Å²) in [5.74, 6) is 0.731. The first kappa shape index (κ1) is 7.96. The van der Waals surface area contributed by atoms with Gasteiger partial charge in [-0.1, -0.05) is 26.7 Å². The van der Waals surface area contributed by atoms with Crippen molar-refractivity contribution < 1.29 is 0 Å². The normalized spacial score (nSPS) is 14.6. The van der Waals surface area contributed by atoms with Gasteiger partial charge in [-0.05, 0) is 12.8 Å². The second kappa shape index (κ2) is 3.90. The van der Waals surface area contributed by atoms with Gasteiger partial charge in [-0.25, -0.2) is 0 Å². The van der Waals surface area contributed by atoms with Crippen molar-refractivity contribution in [2.75, 3.05) is 0 Å². The zero-order valence-electron chi connectivity index (χ0n) is 6.15. The zero-order chi connectivity index (χ0) is 6.57. The van der Waals surface area contributed by atoms with E-state index in [1.165, 1.54) is 12.8 Å². The average Bonchev–Trinajstić information content (AvgIpc) is 1.69. The molecule has 0 saturated carbocycles. The van der Waals surface area contributed by atoms with Gasteiger partial charge in [0.15, 0.2) is 0 Å². The van der Waals surface area contributed by atoms with Crippen LogP contribution in [0.15, 0.2) is 0 Å². The van der Waals surface area contributed by atoms with Gasteiger partial charge in [0, 0.05) is 6.04 Å². The molecule has 0 amide bonds. The van der Waals surface area contributed by atoms with Crippen LogP contribution in [0, 0.1) is 5.92 Å². The summed E-state index contributed by atoms with van der Waals surface area (Å²) >= 11 is 0. The van der Waals surface area contributed by atoms with Crippen LogP contribution in [-0.4, -0.2) is 6.04 Å². The maximum atomic E-state index is 5.66. The van der Waals surface area contributed by atoms with E-state index in [1.54, 1.807) is 0 Å². The predicted molar refractivity (Wildman–Crippen MR) is 37.7 cm³/mol. The molecule has 0 aliphatic heterocycles. The van der Waals surface area contributed by atoms with Crippen LogP contribution in [0.5, 0.6) is 0 Å². The second-order valence-corrected chi connectivity index (χ2v) is 2.44. The molecule has 0 spiro atoms. The first-order valence-corrected chi connectivity index (χ1v) is 3.47. The molecule has 0 aliphatic rings. The van der Waals surface area contributed by atoms with Gasteiger partial charge in [-0.2, -0.15) is 0 Å². The molecule has 0 unspecified atom stereocenters. The highest BCUT2D eigenvalue weighted by molar-refractivity contribution is 4.63. The van der Waals surface area contributed by atoms with Gasteiger partial charge in [0.25, 0.3) is 0 Å². The van der Waals surface area contributed by atoms with Crippen molar-refractivity contribution in [2.45, 2.75) is 39.7 Å². The molecule has 1 heteroatoms. The summed E-state index contributed by atoms with van der Waals surface area (Å²) in [5.41, 5.74) is 5.66. The summed E-state index contributed by atoms with van der Waals surface area (Å²) in [6.45, 7) is 6.46. The van der Waals surface area contributed by atoms with Gasteiger partial charge in [0.2, 0.25) is 0 Å². The molecule has 0 aromatic heterocycles. The highest BCUT2D eigenvalue weighted by Gasteiger charge is 2.06. The fourth-order valence-electron chi connectivity index (χ4n) is 1.03. The van der Waals surface area contributed by atoms with Crippen molar-refractivity contribution in [1.29, 1.82) is 0 Å². The Hall–Kier alpha value is -0.0400. The molecule has 0 aromatic rings. The van der Waals surface area contributed by atoms with Gasteiger partial charge in [0.05, 0.1) is 0 Å². The van der Waals surface area contributed by atoms with E-state index < -0.39 is 0 Å². The Morgan fingerprint density at radius 3 is 1.62 bits per heavy atom. The van der Waals surface area contributed by atoms with Gasteiger partial charge >= 0.3 is 0 Å². The van der Waals surface area contributed by atoms with E-state index >= 15 is 0 Å². The Kier molecular flexibility index (Phi) is 3.88. The second-order valence-electron chi connectivity index (χ2n) is 2.44. The summed E-state index contributed by atoms with van der Waals surface area (Å²) in [5, 5.41) is 0. The molecule has 0 saturated heterocycles. The molecular weight excluding hydrogens is 98.1 g/mol. The minimum absolute atomic E-state index is 0.380. The molecule has 1 atom stereocenters. The van der Waals surface area contributed by atoms with E-state index in [1.807, 2.05) is 0 Å². The lowest BCUT2D eigenvalue weighted by Gasteiger charge is -2.15. The van der Waals surface area contributed by atoms with Gasteiger partial charge in [-0.15, -0.1) is 0 Å². The van der Waals surface area contributed by atoms with Gasteiger partial charge < -0.3 is 5.73 Å². The number of rotatable bonds is 3. The summed E-state index contributed by atoms with van der Waals surface area (Å²) in [7, 11) is 0. The highest BCUT2D eigenvalue weighted by Crippen LogP contribution is 2.09. The van der Waals surface area contributed by atoms with Crippen molar-refractivity contribution in [3.05, 3.63) is 0 Å². The molecular formula is C7H17N. The van der Waals surface area contributed by atoms with Crippen LogP contribution in [0.25, 0.3) is 0 Å². The van der Waals surface area contributed by atoms with E-state index in [0.717, 1.165) is 5.92 Å². The zero-order valence-corrected chi connectivity index (χ0v) is 6.15. The summed E-state index contributed by atoms with van der Waals surface area (Å²) < 4.78 is 0. The van der Waals surface area contributed by atoms with Crippen LogP contribution in [0.1, 0.15) is 33.6 Å². The van der Waals surface area contributed by atoms with Crippen LogP contribution in [0.3, 0.4) is 0 Å². The molecule has 0 aromatic carbocycles. The summed E-state index contributed by atoms with van der Waals surface area (Å²) in [4.78, 5) is 0. The van der Waals surface area contributed by atoms with Crippen LogP contribution < -0.4 is 5.73 Å². The molecule has 0 rings (SSSR count). The Morgan fingerprint density at radius 1 is 1.25 bits per heavy atom. The van der Waals surface area contributed by atoms with Crippen molar-refractivity contribution in [3.8, 4) is 0 Å². The molecule has 0 fully saturated rings. The SMILES string of the molecule is CCC(CC)[C@@H](C)N. The fourth-order valence-corrected chi connectivity index (χ4v) is 1.03. The summed E-state index contributed by atoms with van der Waals surface area (Å²) in [6, 6.07) is 0.380. The smallest absolute Gasteiger partial charge is 0.00385 e. The van der Waals surface area contributed by atoms with Crippen LogP contribution in [0.2, 0.25) is 0 Å². The minimum Gasteiger partial charge on any atom is -0.328 e. The predicted octanol–water partition coefficient (Wildman–Crippen LogP) is 1.77. The Morgan fingerprint density at radius 2 is 1.62 bits per heavy atom. The van der Waals surface area contributed by atoms with E-state index in [2.05, 4.69) is 20.8 Å². The number of hydrogen-bond acceptors (Lipinski definition) is 1. The van der Waals surface area contributed by atoms with Crippen molar-refractivity contribution in [1.82, 2.24) is 0 Å². The Bertz CT molecular complexity index is 46.3. The first-order chi connectivity index (χ1) is 3.72. The monoisotopic (exact) mass is 115 g/mol. The van der Waals surface area contributed by atoms with Gasteiger partial charge in [-0.3, -0.25) is 0 Å². The molecule has 0 heterocycles. The fraction of sp³-hybridized carbons (Fsp3) is 1.00. The van der Waals surface area contributed by atoms with Gasteiger partial charge in [0.1, 0.15) is 0 Å². The molecule has 8 heavy (non-hydrogen) atoms. The lowest BCUT2D eigenvalue weighted by atomic mass is 9.97. The average molecular weight is 115 g/mol. The van der Waals surface area contributed by atoms with Crippen molar-refractivity contribution in [3.63, 3.8) is 0 Å². The largest absolute Gasteiger partial charge is 0.328 e. The molecule has 1 nitrogen and oxygen atoms in total. The minimum atomic E-state index is 0.380. The highest BCUT2D eigenvalue weighted by atomic mass is 14.6. The van der Waals surface area contributed by atoms with Crippen LogP contribution >= 0.6 is 0 Å². The lowest BCUT2D eigenvalue weighted by Crippen LogP contribution is -2.25. The van der Waals surface area contributed by atoms with E-state index in [4.69, 9.17) is 5.73 Å². The topological polar surface area (TPSA) is 26.0 Å². The molecule has 0 aliphatic carbocycles. The lowest BCUT2D eigenvalue weighted by molar-refractivity contribution is 0.417. The van der Waals surface area contributed by atoms with Crippen molar-refractivity contribution in [2.24, 2.45) is 11.7 Å². The molecule has 0 bridgehead atoms. The third kappa shape index (κ3) is 2.31. The first-order valence-electron chi connectivity index (χ1n) is 3.47. The Labute approximate surface area is 52.3 Å². The maximum absolute atomic E-state index is 5.66. The molecule has 2 N–H and O–H groups in total. The van der Waals surface area contributed by atoms with E-state index in [9.17, 15) is 0 Å². The van der Waals surface area contributed by atoms with E-state index in [-0.39, 0.29) is 0 Å². The van der Waals surface area contributed by atoms with Crippen molar-refractivity contribution >= 4 is 0 Å². The molecule has 0 radical (unpaired) electrons. The number of nitrogens with two attached hydrogens (primary N) is 1. The third-order valence-corrected chi connectivity index (χ3v) is 1.79.